The van der Waals surface area contributed by atoms with Crippen molar-refractivity contribution in [3.8, 4) is 0 Å². The lowest BCUT2D eigenvalue weighted by atomic mass is 9.88. The van der Waals surface area contributed by atoms with E-state index in [0.717, 1.165) is 16.7 Å². The van der Waals surface area contributed by atoms with Crippen LogP contribution in [0.3, 0.4) is 0 Å². The van der Waals surface area contributed by atoms with Crippen LogP contribution in [0.1, 0.15) is 34.0 Å². The number of carbonyl (C=O) groups excluding carboxylic acids is 2. The molecular formula is C17H22O4. The monoisotopic (exact) mass is 290 g/mol. The van der Waals surface area contributed by atoms with E-state index < -0.39 is 18.2 Å². The van der Waals surface area contributed by atoms with E-state index in [2.05, 4.69) is 11.3 Å². The first-order valence-corrected chi connectivity index (χ1v) is 6.81. The van der Waals surface area contributed by atoms with Crippen LogP contribution >= 0.6 is 0 Å². The Morgan fingerprint density at radius 2 is 1.71 bits per heavy atom. The Bertz CT molecular complexity index is 537. The highest BCUT2D eigenvalue weighted by molar-refractivity contribution is 6.00. The van der Waals surface area contributed by atoms with Gasteiger partial charge in [0.2, 0.25) is 0 Å². The average Bonchev–Trinajstić information content (AvgIpc) is 2.42. The molecule has 0 aromatic heterocycles. The standard InChI is InChI=1S/C17H22O4/c1-7-14(21-17(19)20-6)13(5)16(18)15-11(3)8-10(2)9-12(15)4/h7-9,13-14H,1H2,2-6H3/t13-,14-/m0/s1. The first kappa shape index (κ1) is 17.0. The molecule has 0 bridgehead atoms. The van der Waals surface area contributed by atoms with Gasteiger partial charge in [-0.05, 0) is 31.9 Å². The van der Waals surface area contributed by atoms with Gasteiger partial charge in [0.1, 0.15) is 6.10 Å². The lowest BCUT2D eigenvalue weighted by molar-refractivity contribution is 0.0345. The molecule has 4 nitrogen and oxygen atoms in total. The van der Waals surface area contributed by atoms with Gasteiger partial charge in [-0.15, -0.1) is 0 Å². The molecule has 0 N–H and O–H groups in total. The summed E-state index contributed by atoms with van der Waals surface area (Å²) in [6, 6.07) is 3.94. The van der Waals surface area contributed by atoms with Gasteiger partial charge in [-0.25, -0.2) is 4.79 Å². The van der Waals surface area contributed by atoms with Crippen molar-refractivity contribution in [1.82, 2.24) is 0 Å². The smallest absolute Gasteiger partial charge is 0.438 e. The fourth-order valence-corrected chi connectivity index (χ4v) is 2.46. The third-order valence-corrected chi connectivity index (χ3v) is 3.46. The van der Waals surface area contributed by atoms with Crippen LogP contribution in [0.15, 0.2) is 24.8 Å². The van der Waals surface area contributed by atoms with E-state index in [0.29, 0.717) is 5.56 Å². The molecule has 4 heteroatoms. The maximum Gasteiger partial charge on any atom is 0.508 e. The maximum atomic E-state index is 12.7. The van der Waals surface area contributed by atoms with Crippen molar-refractivity contribution < 1.29 is 19.1 Å². The molecule has 1 aromatic carbocycles. The number of rotatable bonds is 5. The van der Waals surface area contributed by atoms with Crippen molar-refractivity contribution >= 4 is 11.9 Å². The first-order chi connectivity index (χ1) is 9.81. The SMILES string of the molecule is C=C[C@H](OC(=O)OC)[C@H](C)C(=O)c1c(C)cc(C)cc1C. The Kier molecular flexibility index (Phi) is 5.70. The molecule has 0 fully saturated rings. The van der Waals surface area contributed by atoms with Gasteiger partial charge in [-0.1, -0.05) is 37.3 Å². The van der Waals surface area contributed by atoms with Gasteiger partial charge in [0.25, 0.3) is 0 Å². The van der Waals surface area contributed by atoms with E-state index in [1.807, 2.05) is 32.9 Å². The van der Waals surface area contributed by atoms with E-state index in [4.69, 9.17) is 4.74 Å². The summed E-state index contributed by atoms with van der Waals surface area (Å²) < 4.78 is 9.52. The lowest BCUT2D eigenvalue weighted by Crippen LogP contribution is -2.30. The molecule has 0 saturated heterocycles. The van der Waals surface area contributed by atoms with Crippen molar-refractivity contribution in [3.05, 3.63) is 47.0 Å². The molecule has 0 radical (unpaired) electrons. The first-order valence-electron chi connectivity index (χ1n) is 6.81. The summed E-state index contributed by atoms with van der Waals surface area (Å²) in [5.74, 6) is -0.597. The molecular weight excluding hydrogens is 268 g/mol. The number of Topliss-reactive ketones (excluding diaryl/α,β-unsaturated/α-hetero) is 1. The fraction of sp³-hybridized carbons (Fsp3) is 0.412. The molecule has 2 atom stereocenters. The van der Waals surface area contributed by atoms with Crippen LogP contribution in [0.5, 0.6) is 0 Å². The highest BCUT2D eigenvalue weighted by Gasteiger charge is 2.28. The van der Waals surface area contributed by atoms with Crippen LogP contribution in [0.25, 0.3) is 0 Å². The van der Waals surface area contributed by atoms with Crippen molar-refractivity contribution in [2.45, 2.75) is 33.8 Å². The van der Waals surface area contributed by atoms with Crippen molar-refractivity contribution in [3.63, 3.8) is 0 Å². The van der Waals surface area contributed by atoms with Gasteiger partial charge < -0.3 is 9.47 Å². The Morgan fingerprint density at radius 1 is 1.19 bits per heavy atom. The molecule has 0 amide bonds. The van der Waals surface area contributed by atoms with Gasteiger partial charge in [-0.2, -0.15) is 0 Å². The van der Waals surface area contributed by atoms with Crippen LogP contribution in [-0.4, -0.2) is 25.2 Å². The molecule has 1 aromatic rings. The molecule has 0 aliphatic heterocycles. The summed E-state index contributed by atoms with van der Waals surface area (Å²) in [4.78, 5) is 23.9. The Balaban J connectivity index is 3.07. The van der Waals surface area contributed by atoms with Crippen LogP contribution in [-0.2, 0) is 9.47 Å². The number of ketones is 1. The number of hydrogen-bond acceptors (Lipinski definition) is 4. The number of aryl methyl sites for hydroxylation is 3. The predicted octanol–water partition coefficient (Wildman–Crippen LogP) is 3.77. The summed E-state index contributed by atoms with van der Waals surface area (Å²) in [5.41, 5.74) is 3.63. The zero-order valence-corrected chi connectivity index (χ0v) is 13.2. The Morgan fingerprint density at radius 3 is 2.14 bits per heavy atom. The molecule has 0 saturated carbocycles. The number of ether oxygens (including phenoxy) is 2. The lowest BCUT2D eigenvalue weighted by Gasteiger charge is -2.21. The second-order valence-corrected chi connectivity index (χ2v) is 5.20. The topological polar surface area (TPSA) is 52.6 Å². The molecule has 114 valence electrons. The second-order valence-electron chi connectivity index (χ2n) is 5.20. The van der Waals surface area contributed by atoms with Crippen LogP contribution in [0.2, 0.25) is 0 Å². The predicted molar refractivity (Wildman–Crippen MR) is 81.6 cm³/mol. The quantitative estimate of drug-likeness (QED) is 0.470. The minimum atomic E-state index is -0.822. The second kappa shape index (κ2) is 7.07. The van der Waals surface area contributed by atoms with Crippen LogP contribution in [0, 0.1) is 26.7 Å². The number of methoxy groups -OCH3 is 1. The van der Waals surface area contributed by atoms with Crippen LogP contribution < -0.4 is 0 Å². The van der Waals surface area contributed by atoms with E-state index in [-0.39, 0.29) is 5.78 Å². The molecule has 0 aliphatic carbocycles. The van der Waals surface area contributed by atoms with Crippen molar-refractivity contribution in [2.75, 3.05) is 7.11 Å². The van der Waals surface area contributed by atoms with Gasteiger partial charge in [0.05, 0.1) is 13.0 Å². The summed E-state index contributed by atoms with van der Waals surface area (Å²) in [6.07, 6.45) is -0.0971. The third-order valence-electron chi connectivity index (χ3n) is 3.46. The molecule has 0 heterocycles. The Hall–Kier alpha value is -2.10. The minimum absolute atomic E-state index is 0.0706. The summed E-state index contributed by atoms with van der Waals surface area (Å²) in [6.45, 7) is 11.1. The van der Waals surface area contributed by atoms with Crippen molar-refractivity contribution in [2.24, 2.45) is 5.92 Å². The van der Waals surface area contributed by atoms with E-state index in [9.17, 15) is 9.59 Å². The number of carbonyl (C=O) groups is 2. The molecule has 21 heavy (non-hydrogen) atoms. The average molecular weight is 290 g/mol. The summed E-state index contributed by atoms with van der Waals surface area (Å²) in [5, 5.41) is 0. The van der Waals surface area contributed by atoms with Crippen LogP contribution in [0.4, 0.5) is 4.79 Å². The third kappa shape index (κ3) is 3.94. The van der Waals surface area contributed by atoms with Gasteiger partial charge in [-0.3, -0.25) is 4.79 Å². The summed E-state index contributed by atoms with van der Waals surface area (Å²) >= 11 is 0. The molecule has 0 aliphatic rings. The van der Waals surface area contributed by atoms with Crippen molar-refractivity contribution in [1.29, 1.82) is 0 Å². The maximum absolute atomic E-state index is 12.7. The zero-order valence-electron chi connectivity index (χ0n) is 13.2. The summed E-state index contributed by atoms with van der Waals surface area (Å²) in [7, 11) is 1.23. The molecule has 0 spiro atoms. The fourth-order valence-electron chi connectivity index (χ4n) is 2.46. The van der Waals surface area contributed by atoms with Gasteiger partial charge >= 0.3 is 6.16 Å². The normalized spacial score (nSPS) is 13.2. The largest absolute Gasteiger partial charge is 0.508 e. The zero-order chi connectivity index (χ0) is 16.2. The number of benzene rings is 1. The Labute approximate surface area is 125 Å². The highest BCUT2D eigenvalue weighted by Crippen LogP contribution is 2.23. The highest BCUT2D eigenvalue weighted by atomic mass is 16.7. The number of hydrogen-bond donors (Lipinski definition) is 0. The minimum Gasteiger partial charge on any atom is -0.438 e. The van der Waals surface area contributed by atoms with Gasteiger partial charge in [0, 0.05) is 5.56 Å². The van der Waals surface area contributed by atoms with E-state index >= 15 is 0 Å². The van der Waals surface area contributed by atoms with Gasteiger partial charge in [0.15, 0.2) is 5.78 Å². The van der Waals surface area contributed by atoms with E-state index in [1.165, 1.54) is 13.2 Å². The molecule has 0 unspecified atom stereocenters. The van der Waals surface area contributed by atoms with E-state index in [1.54, 1.807) is 6.92 Å². The molecule has 1 rings (SSSR count).